The van der Waals surface area contributed by atoms with Gasteiger partial charge in [-0.1, -0.05) is 39.5 Å². The van der Waals surface area contributed by atoms with Crippen molar-refractivity contribution in [2.45, 2.75) is 52.5 Å². The van der Waals surface area contributed by atoms with Crippen molar-refractivity contribution >= 4 is 0 Å². The first-order chi connectivity index (χ1) is 8.29. The Balaban J connectivity index is 1.88. The second-order valence-corrected chi connectivity index (χ2v) is 4.97. The second kappa shape index (κ2) is 9.11. The van der Waals surface area contributed by atoms with E-state index in [9.17, 15) is 0 Å². The van der Waals surface area contributed by atoms with E-state index >= 15 is 0 Å². The maximum atomic E-state index is 4.22. The first-order valence-corrected chi connectivity index (χ1v) is 6.74. The molecule has 0 radical (unpaired) electrons. The zero-order chi connectivity index (χ0) is 12.3. The summed E-state index contributed by atoms with van der Waals surface area (Å²) in [5.74, 6) is 0.852. The van der Waals surface area contributed by atoms with E-state index in [-0.39, 0.29) is 0 Å². The molecule has 96 valence electrons. The summed E-state index contributed by atoms with van der Waals surface area (Å²) >= 11 is 0. The van der Waals surface area contributed by atoms with Crippen LogP contribution >= 0.6 is 0 Å². The topological polar surface area (TPSA) is 37.8 Å². The fourth-order valence-corrected chi connectivity index (χ4v) is 1.79. The third-order valence-corrected chi connectivity index (χ3v) is 2.81. The van der Waals surface area contributed by atoms with E-state index < -0.39 is 0 Å². The van der Waals surface area contributed by atoms with Gasteiger partial charge in [0.2, 0.25) is 0 Å². The monoisotopic (exact) mass is 235 g/mol. The van der Waals surface area contributed by atoms with Crippen molar-refractivity contribution < 1.29 is 0 Å². The van der Waals surface area contributed by atoms with E-state index in [0.29, 0.717) is 0 Å². The van der Waals surface area contributed by atoms with Crippen molar-refractivity contribution in [2.75, 3.05) is 6.54 Å². The van der Waals surface area contributed by atoms with Crippen molar-refractivity contribution in [1.29, 1.82) is 0 Å². The fraction of sp³-hybridized carbons (Fsp3) is 0.714. The van der Waals surface area contributed by atoms with Crippen LogP contribution in [0.4, 0.5) is 0 Å². The van der Waals surface area contributed by atoms with Crippen LogP contribution in [-0.4, -0.2) is 16.5 Å². The summed E-state index contributed by atoms with van der Waals surface area (Å²) < 4.78 is 0. The molecule has 1 aromatic rings. The van der Waals surface area contributed by atoms with E-state index in [4.69, 9.17) is 0 Å². The van der Waals surface area contributed by atoms with Crippen LogP contribution in [0, 0.1) is 5.92 Å². The van der Waals surface area contributed by atoms with Gasteiger partial charge in [0.15, 0.2) is 0 Å². The van der Waals surface area contributed by atoms with E-state index in [1.807, 2.05) is 6.20 Å². The molecular weight excluding hydrogens is 210 g/mol. The molecule has 3 nitrogen and oxygen atoms in total. The number of unbranched alkanes of at least 4 members (excludes halogenated alkanes) is 3. The Morgan fingerprint density at radius 1 is 1.12 bits per heavy atom. The molecule has 0 unspecified atom stereocenters. The summed E-state index contributed by atoms with van der Waals surface area (Å²) in [6.07, 6.45) is 12.0. The normalized spacial score (nSPS) is 11.0. The molecule has 1 rings (SSSR count). The Morgan fingerprint density at radius 3 is 2.65 bits per heavy atom. The highest BCUT2D eigenvalue weighted by Crippen LogP contribution is 2.08. The number of rotatable bonds is 9. The predicted molar refractivity (Wildman–Crippen MR) is 71.7 cm³/mol. The third kappa shape index (κ3) is 7.86. The van der Waals surface area contributed by atoms with Crippen LogP contribution < -0.4 is 5.32 Å². The molecule has 1 aromatic heterocycles. The average Bonchev–Trinajstić information content (AvgIpc) is 2.33. The smallest absolute Gasteiger partial charge is 0.0724 e. The zero-order valence-electron chi connectivity index (χ0n) is 11.2. The number of nitrogens with one attached hydrogen (secondary N) is 1. The lowest BCUT2D eigenvalue weighted by Crippen LogP contribution is -2.15. The number of nitrogens with zero attached hydrogens (tertiary/aromatic N) is 2. The molecule has 0 aliphatic rings. The minimum Gasteiger partial charge on any atom is -0.311 e. The van der Waals surface area contributed by atoms with Crippen LogP contribution in [-0.2, 0) is 6.54 Å². The maximum absolute atomic E-state index is 4.22. The molecule has 17 heavy (non-hydrogen) atoms. The Morgan fingerprint density at radius 2 is 1.94 bits per heavy atom. The van der Waals surface area contributed by atoms with Gasteiger partial charge in [-0.3, -0.25) is 9.97 Å². The predicted octanol–water partition coefficient (Wildman–Crippen LogP) is 3.17. The highest BCUT2D eigenvalue weighted by Gasteiger charge is 1.95. The molecule has 0 bridgehead atoms. The number of hydrogen-bond donors (Lipinski definition) is 1. The van der Waals surface area contributed by atoms with Crippen LogP contribution in [0.3, 0.4) is 0 Å². The van der Waals surface area contributed by atoms with E-state index in [1.165, 1.54) is 32.1 Å². The minimum absolute atomic E-state index is 0.833. The number of aromatic nitrogens is 2. The van der Waals surface area contributed by atoms with Gasteiger partial charge in [-0.15, -0.1) is 0 Å². The molecule has 0 spiro atoms. The van der Waals surface area contributed by atoms with Gasteiger partial charge >= 0.3 is 0 Å². The maximum Gasteiger partial charge on any atom is 0.0724 e. The minimum atomic E-state index is 0.833. The van der Waals surface area contributed by atoms with Crippen LogP contribution in [0.5, 0.6) is 0 Å². The zero-order valence-corrected chi connectivity index (χ0v) is 11.2. The average molecular weight is 235 g/mol. The van der Waals surface area contributed by atoms with Crippen molar-refractivity contribution in [3.63, 3.8) is 0 Å². The second-order valence-electron chi connectivity index (χ2n) is 4.97. The summed E-state index contributed by atoms with van der Waals surface area (Å²) in [5.41, 5.74) is 1.02. The molecule has 1 heterocycles. The molecule has 0 fully saturated rings. The fourth-order valence-electron chi connectivity index (χ4n) is 1.79. The number of hydrogen-bond acceptors (Lipinski definition) is 3. The summed E-state index contributed by atoms with van der Waals surface area (Å²) in [7, 11) is 0. The highest BCUT2D eigenvalue weighted by atomic mass is 14.9. The lowest BCUT2D eigenvalue weighted by Gasteiger charge is -2.05. The summed E-state index contributed by atoms with van der Waals surface area (Å²) in [5, 5.41) is 3.40. The highest BCUT2D eigenvalue weighted by molar-refractivity contribution is 4.93. The molecule has 0 aliphatic heterocycles. The Kier molecular flexibility index (Phi) is 7.56. The van der Waals surface area contributed by atoms with Gasteiger partial charge in [-0.05, 0) is 18.9 Å². The van der Waals surface area contributed by atoms with Crippen molar-refractivity contribution in [1.82, 2.24) is 15.3 Å². The quantitative estimate of drug-likeness (QED) is 0.668. The SMILES string of the molecule is CC(C)CCCCCCNCc1cnccn1. The van der Waals surface area contributed by atoms with Crippen LogP contribution in [0.1, 0.15) is 51.6 Å². The first-order valence-electron chi connectivity index (χ1n) is 6.74. The van der Waals surface area contributed by atoms with Crippen molar-refractivity contribution in [3.8, 4) is 0 Å². The summed E-state index contributed by atoms with van der Waals surface area (Å²) in [6, 6.07) is 0. The molecule has 0 amide bonds. The van der Waals surface area contributed by atoms with E-state index in [1.54, 1.807) is 12.4 Å². The molecule has 0 saturated carbocycles. The lowest BCUT2D eigenvalue weighted by atomic mass is 10.0. The molecule has 0 saturated heterocycles. The molecule has 3 heteroatoms. The Labute approximate surface area is 105 Å². The van der Waals surface area contributed by atoms with Gasteiger partial charge in [-0.2, -0.15) is 0 Å². The molecular formula is C14H25N3. The molecule has 0 atom stereocenters. The van der Waals surface area contributed by atoms with Gasteiger partial charge in [0, 0.05) is 25.1 Å². The largest absolute Gasteiger partial charge is 0.311 e. The Hall–Kier alpha value is -0.960. The summed E-state index contributed by atoms with van der Waals surface area (Å²) in [4.78, 5) is 8.26. The Bertz CT molecular complexity index is 272. The van der Waals surface area contributed by atoms with E-state index in [0.717, 1.165) is 24.7 Å². The van der Waals surface area contributed by atoms with Gasteiger partial charge < -0.3 is 5.32 Å². The van der Waals surface area contributed by atoms with Gasteiger partial charge in [0.25, 0.3) is 0 Å². The standard InChI is InChI=1S/C14H25N3/c1-13(2)7-5-3-4-6-8-15-11-14-12-16-9-10-17-14/h9-10,12-13,15H,3-8,11H2,1-2H3. The van der Waals surface area contributed by atoms with Crippen molar-refractivity contribution in [2.24, 2.45) is 5.92 Å². The molecule has 0 aliphatic carbocycles. The molecule has 0 aromatic carbocycles. The van der Waals surface area contributed by atoms with Gasteiger partial charge in [0.1, 0.15) is 0 Å². The summed E-state index contributed by atoms with van der Waals surface area (Å²) in [6.45, 7) is 6.50. The lowest BCUT2D eigenvalue weighted by molar-refractivity contribution is 0.511. The van der Waals surface area contributed by atoms with Crippen LogP contribution in [0.15, 0.2) is 18.6 Å². The first kappa shape index (κ1) is 14.1. The third-order valence-electron chi connectivity index (χ3n) is 2.81. The van der Waals surface area contributed by atoms with Crippen LogP contribution in [0.25, 0.3) is 0 Å². The van der Waals surface area contributed by atoms with Gasteiger partial charge in [-0.25, -0.2) is 0 Å². The van der Waals surface area contributed by atoms with Crippen LogP contribution in [0.2, 0.25) is 0 Å². The molecule has 1 N–H and O–H groups in total. The van der Waals surface area contributed by atoms with E-state index in [2.05, 4.69) is 29.1 Å². The van der Waals surface area contributed by atoms with Gasteiger partial charge in [0.05, 0.1) is 5.69 Å². The van der Waals surface area contributed by atoms with Crippen molar-refractivity contribution in [3.05, 3.63) is 24.3 Å².